The van der Waals surface area contributed by atoms with Gasteiger partial charge in [0.1, 0.15) is 5.75 Å². The van der Waals surface area contributed by atoms with Gasteiger partial charge in [-0.15, -0.1) is 4.73 Å². The van der Waals surface area contributed by atoms with Crippen LogP contribution >= 0.6 is 0 Å². The van der Waals surface area contributed by atoms with Crippen LogP contribution in [0.2, 0.25) is 0 Å². The lowest BCUT2D eigenvalue weighted by Crippen LogP contribution is -2.38. The molecule has 0 aliphatic heterocycles. The Morgan fingerprint density at radius 1 is 1.41 bits per heavy atom. The second-order valence-corrected chi connectivity index (χ2v) is 8.44. The maximum atomic E-state index is 12.9. The minimum atomic E-state index is -0.921. The van der Waals surface area contributed by atoms with Gasteiger partial charge in [0, 0.05) is 23.7 Å². The third kappa shape index (κ3) is 4.61. The molecule has 4 rings (SSSR count). The van der Waals surface area contributed by atoms with Crippen LogP contribution in [0, 0.1) is 16.5 Å². The van der Waals surface area contributed by atoms with Gasteiger partial charge in [-0.1, -0.05) is 0 Å². The van der Waals surface area contributed by atoms with E-state index in [0.717, 1.165) is 5.39 Å². The van der Waals surface area contributed by atoms with Crippen LogP contribution in [0.4, 0.5) is 5.69 Å². The predicted octanol–water partition coefficient (Wildman–Crippen LogP) is 3.09. The van der Waals surface area contributed by atoms with Gasteiger partial charge in [-0.3, -0.25) is 9.48 Å². The highest BCUT2D eigenvalue weighted by molar-refractivity contribution is 6.04. The summed E-state index contributed by atoms with van der Waals surface area (Å²) in [6.45, 7) is 2.22. The molecule has 10 nitrogen and oxygen atoms in total. The van der Waals surface area contributed by atoms with Gasteiger partial charge in [0.25, 0.3) is 5.69 Å². The van der Waals surface area contributed by atoms with Crippen LogP contribution in [-0.2, 0) is 0 Å². The Morgan fingerprint density at radius 3 is 2.85 bits per heavy atom. The van der Waals surface area contributed by atoms with Gasteiger partial charge in [0.15, 0.2) is 0 Å². The van der Waals surface area contributed by atoms with Crippen LogP contribution in [0.5, 0.6) is 11.6 Å². The fraction of sp³-hybridized carbons (Fsp3) is 0.417. The monoisotopic (exact) mass is 465 g/mol. The Morgan fingerprint density at radius 2 is 2.18 bits per heavy atom. The number of nitriles is 1. The lowest BCUT2D eigenvalue weighted by Gasteiger charge is -2.34. The SMILES string of the molecule is CCOc1cc2nn(C3CCC(O)(CC#N)CC3)cc2cc1NC(=O)c1cccc(OC)[n+]1[O-]. The minimum absolute atomic E-state index is 0.0172. The molecule has 1 aliphatic rings. The number of hydrogen-bond acceptors (Lipinski definition) is 7. The maximum Gasteiger partial charge on any atom is 0.379 e. The molecule has 1 amide bonds. The van der Waals surface area contributed by atoms with Gasteiger partial charge in [-0.05, 0) is 44.7 Å². The molecule has 0 saturated heterocycles. The number of hydrogen-bond donors (Lipinski definition) is 2. The van der Waals surface area contributed by atoms with E-state index in [9.17, 15) is 15.1 Å². The molecule has 2 N–H and O–H groups in total. The number of fused-ring (bicyclic) bond motifs is 1. The molecule has 0 spiro atoms. The smallest absolute Gasteiger partial charge is 0.379 e. The molecule has 1 aliphatic carbocycles. The van der Waals surface area contributed by atoms with E-state index >= 15 is 0 Å². The molecule has 178 valence electrons. The van der Waals surface area contributed by atoms with E-state index in [1.807, 2.05) is 17.8 Å². The largest absolute Gasteiger partial charge is 0.615 e. The number of methoxy groups -OCH3 is 1. The van der Waals surface area contributed by atoms with E-state index in [2.05, 4.69) is 11.4 Å². The summed E-state index contributed by atoms with van der Waals surface area (Å²) < 4.78 is 13.0. The lowest BCUT2D eigenvalue weighted by molar-refractivity contribution is -0.614. The van der Waals surface area contributed by atoms with E-state index < -0.39 is 11.5 Å². The van der Waals surface area contributed by atoms with Gasteiger partial charge in [0.05, 0.1) is 55.1 Å². The number of aliphatic hydroxyl groups is 1. The van der Waals surface area contributed by atoms with Crippen molar-refractivity contribution >= 4 is 22.5 Å². The average molecular weight is 466 g/mol. The Bertz CT molecular complexity index is 1240. The Hall–Kier alpha value is -3.84. The molecule has 1 saturated carbocycles. The summed E-state index contributed by atoms with van der Waals surface area (Å²) in [4.78, 5) is 12.9. The zero-order chi connectivity index (χ0) is 24.3. The van der Waals surface area contributed by atoms with Crippen molar-refractivity contribution in [2.45, 2.75) is 50.7 Å². The van der Waals surface area contributed by atoms with Gasteiger partial charge in [0.2, 0.25) is 0 Å². The average Bonchev–Trinajstić information content (AvgIpc) is 3.22. The number of benzene rings is 1. The molecule has 0 atom stereocenters. The van der Waals surface area contributed by atoms with Crippen LogP contribution in [0.1, 0.15) is 55.6 Å². The van der Waals surface area contributed by atoms with Gasteiger partial charge in [-0.2, -0.15) is 10.4 Å². The molecular formula is C24H27N5O5. The Balaban J connectivity index is 1.60. The van der Waals surface area contributed by atoms with Gasteiger partial charge >= 0.3 is 11.8 Å². The van der Waals surface area contributed by atoms with Crippen LogP contribution in [-0.4, -0.2) is 40.1 Å². The van der Waals surface area contributed by atoms with Crippen molar-refractivity contribution in [3.8, 4) is 17.7 Å². The van der Waals surface area contributed by atoms with Crippen LogP contribution in [0.3, 0.4) is 0 Å². The highest BCUT2D eigenvalue weighted by Gasteiger charge is 2.34. The number of amides is 1. The second-order valence-electron chi connectivity index (χ2n) is 8.44. The number of pyridine rings is 1. The molecule has 34 heavy (non-hydrogen) atoms. The third-order valence-electron chi connectivity index (χ3n) is 6.19. The number of carbonyl (C=O) groups is 1. The maximum absolute atomic E-state index is 12.9. The Kier molecular flexibility index (Phi) is 6.56. The fourth-order valence-corrected chi connectivity index (χ4v) is 4.34. The highest BCUT2D eigenvalue weighted by atomic mass is 16.5. The molecule has 0 bridgehead atoms. The molecule has 0 radical (unpaired) electrons. The topological polar surface area (TPSA) is 136 Å². The summed E-state index contributed by atoms with van der Waals surface area (Å²) in [5.41, 5.74) is 0.105. The third-order valence-corrected chi connectivity index (χ3v) is 6.19. The molecule has 1 fully saturated rings. The first-order valence-electron chi connectivity index (χ1n) is 11.2. The highest BCUT2D eigenvalue weighted by Crippen LogP contribution is 2.38. The number of rotatable bonds is 7. The van der Waals surface area contributed by atoms with Crippen molar-refractivity contribution in [1.82, 2.24) is 9.78 Å². The molecule has 2 heterocycles. The van der Waals surface area contributed by atoms with Gasteiger partial charge in [-0.25, -0.2) is 0 Å². The minimum Gasteiger partial charge on any atom is -0.615 e. The number of carbonyl (C=O) groups excluding carboxylic acids is 1. The predicted molar refractivity (Wildman–Crippen MR) is 123 cm³/mol. The zero-order valence-corrected chi connectivity index (χ0v) is 19.2. The molecule has 10 heteroatoms. The first-order valence-corrected chi connectivity index (χ1v) is 11.2. The van der Waals surface area contributed by atoms with Crippen molar-refractivity contribution < 1.29 is 24.1 Å². The Labute approximate surface area is 196 Å². The number of ether oxygens (including phenoxy) is 2. The number of anilines is 1. The summed E-state index contributed by atoms with van der Waals surface area (Å²) in [5.74, 6) is -0.129. The van der Waals surface area contributed by atoms with Crippen molar-refractivity contribution in [2.75, 3.05) is 19.0 Å². The standard InChI is InChI=1S/C24H27N5O5/c1-3-34-21-14-18-16(15-28(27-18)17-7-9-24(31,10-8-17)11-12-25)13-19(21)26-23(30)20-5-4-6-22(33-2)29(20)32/h4-6,13-15,17,31H,3,7-11H2,1-2H3,(H,26,30). The summed E-state index contributed by atoms with van der Waals surface area (Å²) in [5, 5.41) is 40.1. The molecule has 3 aromatic rings. The van der Waals surface area contributed by atoms with E-state index in [1.54, 1.807) is 18.2 Å². The summed E-state index contributed by atoms with van der Waals surface area (Å²) in [6.07, 6.45) is 4.56. The van der Waals surface area contributed by atoms with E-state index in [4.69, 9.17) is 19.8 Å². The summed E-state index contributed by atoms with van der Waals surface area (Å²) in [7, 11) is 1.36. The number of aromatic nitrogens is 3. The number of nitrogens with one attached hydrogen (secondary N) is 1. The van der Waals surface area contributed by atoms with Crippen molar-refractivity contribution in [2.24, 2.45) is 0 Å². The van der Waals surface area contributed by atoms with Crippen LogP contribution in [0.25, 0.3) is 10.9 Å². The van der Waals surface area contributed by atoms with Crippen molar-refractivity contribution in [1.29, 1.82) is 5.26 Å². The van der Waals surface area contributed by atoms with Crippen LogP contribution < -0.4 is 19.5 Å². The number of nitrogens with zero attached hydrogens (tertiary/aromatic N) is 4. The first-order chi connectivity index (χ1) is 16.4. The zero-order valence-electron chi connectivity index (χ0n) is 19.2. The van der Waals surface area contributed by atoms with Gasteiger partial charge < -0.3 is 25.1 Å². The fourth-order valence-electron chi connectivity index (χ4n) is 4.34. The molecule has 0 unspecified atom stereocenters. The van der Waals surface area contributed by atoms with Crippen molar-refractivity contribution in [3.05, 3.63) is 47.4 Å². The van der Waals surface area contributed by atoms with E-state index in [-0.39, 0.29) is 24.0 Å². The quantitative estimate of drug-likeness (QED) is 0.404. The van der Waals surface area contributed by atoms with E-state index in [1.165, 1.54) is 19.2 Å². The second kappa shape index (κ2) is 9.57. The van der Waals surface area contributed by atoms with Crippen LogP contribution in [0.15, 0.2) is 36.5 Å². The normalized spacial score (nSPS) is 20.0. The lowest BCUT2D eigenvalue weighted by atomic mass is 9.80. The molecule has 2 aromatic heterocycles. The molecule has 1 aromatic carbocycles. The summed E-state index contributed by atoms with van der Waals surface area (Å²) >= 11 is 0. The van der Waals surface area contributed by atoms with E-state index in [0.29, 0.717) is 54.0 Å². The first kappa shape index (κ1) is 23.3. The molecular weight excluding hydrogens is 438 g/mol. The van der Waals surface area contributed by atoms with Crippen molar-refractivity contribution in [3.63, 3.8) is 0 Å². The summed E-state index contributed by atoms with van der Waals surface area (Å²) in [6, 6.07) is 10.2.